The Kier molecular flexibility index (Phi) is 5.57. The highest BCUT2D eigenvalue weighted by atomic mass is 79.9. The van der Waals surface area contributed by atoms with Crippen LogP contribution in [0.1, 0.15) is 0 Å². The standard InChI is InChI=1S/C14H12BrClN2O3S/c15-12-6-1-2-7-13(12)22(20,21)17-9-14(19)18-11-5-3-4-10(16)8-11/h1-8,17H,9H2,(H,18,19). The molecule has 0 atom stereocenters. The summed E-state index contributed by atoms with van der Waals surface area (Å²) < 4.78 is 26.9. The van der Waals surface area contributed by atoms with Crippen LogP contribution in [0, 0.1) is 0 Å². The molecule has 0 heterocycles. The van der Waals surface area contributed by atoms with Crippen LogP contribution in [0.2, 0.25) is 5.02 Å². The van der Waals surface area contributed by atoms with Gasteiger partial charge in [-0.1, -0.05) is 29.8 Å². The number of rotatable bonds is 5. The zero-order valence-corrected chi connectivity index (χ0v) is 14.4. The van der Waals surface area contributed by atoms with E-state index in [9.17, 15) is 13.2 Å². The van der Waals surface area contributed by atoms with Crippen molar-refractivity contribution in [2.45, 2.75) is 4.90 Å². The Morgan fingerprint density at radius 3 is 2.55 bits per heavy atom. The van der Waals surface area contributed by atoms with Gasteiger partial charge in [0.2, 0.25) is 15.9 Å². The van der Waals surface area contributed by atoms with Crippen molar-refractivity contribution < 1.29 is 13.2 Å². The zero-order valence-electron chi connectivity index (χ0n) is 11.2. The molecule has 1 amide bonds. The van der Waals surface area contributed by atoms with E-state index < -0.39 is 15.9 Å². The van der Waals surface area contributed by atoms with Crippen LogP contribution in [0.4, 0.5) is 5.69 Å². The monoisotopic (exact) mass is 402 g/mol. The van der Waals surface area contributed by atoms with E-state index in [2.05, 4.69) is 26.0 Å². The summed E-state index contributed by atoms with van der Waals surface area (Å²) in [5.41, 5.74) is 0.498. The van der Waals surface area contributed by atoms with Crippen molar-refractivity contribution in [2.24, 2.45) is 0 Å². The number of hydrogen-bond acceptors (Lipinski definition) is 3. The largest absolute Gasteiger partial charge is 0.325 e. The van der Waals surface area contributed by atoms with Crippen LogP contribution in [-0.4, -0.2) is 20.9 Å². The molecular formula is C14H12BrClN2O3S. The molecule has 0 radical (unpaired) electrons. The van der Waals surface area contributed by atoms with Gasteiger partial charge in [-0.05, 0) is 46.3 Å². The van der Waals surface area contributed by atoms with E-state index in [-0.39, 0.29) is 11.4 Å². The molecule has 5 nitrogen and oxygen atoms in total. The normalized spacial score (nSPS) is 11.2. The van der Waals surface area contributed by atoms with Crippen LogP contribution >= 0.6 is 27.5 Å². The predicted octanol–water partition coefficient (Wildman–Crippen LogP) is 3.02. The SMILES string of the molecule is O=C(CNS(=O)(=O)c1ccccc1Br)Nc1cccc(Cl)c1. The number of halogens is 2. The maximum Gasteiger partial charge on any atom is 0.242 e. The quantitative estimate of drug-likeness (QED) is 0.806. The number of carbonyl (C=O) groups is 1. The third kappa shape index (κ3) is 4.54. The lowest BCUT2D eigenvalue weighted by atomic mass is 10.3. The highest BCUT2D eigenvalue weighted by molar-refractivity contribution is 9.10. The fourth-order valence-electron chi connectivity index (χ4n) is 1.67. The maximum absolute atomic E-state index is 12.1. The molecule has 8 heteroatoms. The number of carbonyl (C=O) groups excluding carboxylic acids is 1. The van der Waals surface area contributed by atoms with Gasteiger partial charge in [-0.25, -0.2) is 13.1 Å². The highest BCUT2D eigenvalue weighted by Crippen LogP contribution is 2.20. The van der Waals surface area contributed by atoms with E-state index in [1.54, 1.807) is 42.5 Å². The summed E-state index contributed by atoms with van der Waals surface area (Å²) in [5, 5.41) is 3.04. The maximum atomic E-state index is 12.1. The molecule has 116 valence electrons. The minimum atomic E-state index is -3.77. The lowest BCUT2D eigenvalue weighted by Crippen LogP contribution is -2.33. The molecule has 0 bridgehead atoms. The number of sulfonamides is 1. The first kappa shape index (κ1) is 17.0. The Bertz CT molecular complexity index is 796. The van der Waals surface area contributed by atoms with Gasteiger partial charge in [0, 0.05) is 15.2 Å². The van der Waals surface area contributed by atoms with E-state index in [4.69, 9.17) is 11.6 Å². The number of benzene rings is 2. The molecule has 2 rings (SSSR count). The van der Waals surface area contributed by atoms with Crippen molar-refractivity contribution in [1.82, 2.24) is 4.72 Å². The smallest absolute Gasteiger partial charge is 0.242 e. The van der Waals surface area contributed by atoms with Gasteiger partial charge in [0.05, 0.1) is 11.4 Å². The van der Waals surface area contributed by atoms with Crippen molar-refractivity contribution in [3.63, 3.8) is 0 Å². The molecule has 0 fully saturated rings. The van der Waals surface area contributed by atoms with Crippen LogP contribution in [0.5, 0.6) is 0 Å². The summed E-state index contributed by atoms with van der Waals surface area (Å²) in [5.74, 6) is -0.488. The average Bonchev–Trinajstić information content (AvgIpc) is 2.45. The van der Waals surface area contributed by atoms with Gasteiger partial charge in [-0.15, -0.1) is 0 Å². The van der Waals surface area contributed by atoms with Crippen LogP contribution in [0.25, 0.3) is 0 Å². The Morgan fingerprint density at radius 1 is 1.14 bits per heavy atom. The number of hydrogen-bond donors (Lipinski definition) is 2. The average molecular weight is 404 g/mol. The molecule has 2 N–H and O–H groups in total. The lowest BCUT2D eigenvalue weighted by Gasteiger charge is -2.09. The molecule has 22 heavy (non-hydrogen) atoms. The van der Waals surface area contributed by atoms with Crippen molar-refractivity contribution >= 4 is 49.1 Å². The first-order valence-electron chi connectivity index (χ1n) is 6.18. The Labute approximate surface area is 141 Å². The van der Waals surface area contributed by atoms with Crippen LogP contribution < -0.4 is 10.0 Å². The van der Waals surface area contributed by atoms with Gasteiger partial charge in [-0.3, -0.25) is 4.79 Å². The number of anilines is 1. The summed E-state index contributed by atoms with van der Waals surface area (Å²) in [4.78, 5) is 11.9. The van der Waals surface area contributed by atoms with Crippen LogP contribution in [-0.2, 0) is 14.8 Å². The van der Waals surface area contributed by atoms with Gasteiger partial charge in [-0.2, -0.15) is 0 Å². The van der Waals surface area contributed by atoms with E-state index >= 15 is 0 Å². The highest BCUT2D eigenvalue weighted by Gasteiger charge is 2.18. The van der Waals surface area contributed by atoms with Crippen molar-refractivity contribution in [3.05, 3.63) is 58.0 Å². The molecule has 0 aliphatic rings. The summed E-state index contributed by atoms with van der Waals surface area (Å²) >= 11 is 8.97. The molecule has 0 saturated heterocycles. The van der Waals surface area contributed by atoms with Gasteiger partial charge >= 0.3 is 0 Å². The molecule has 0 aliphatic carbocycles. The second-order valence-corrected chi connectivity index (χ2v) is 7.34. The van der Waals surface area contributed by atoms with E-state index in [0.29, 0.717) is 15.2 Å². The molecule has 2 aromatic carbocycles. The van der Waals surface area contributed by atoms with E-state index in [1.165, 1.54) is 6.07 Å². The van der Waals surface area contributed by atoms with Crippen molar-refractivity contribution in [2.75, 3.05) is 11.9 Å². The van der Waals surface area contributed by atoms with E-state index in [0.717, 1.165) is 0 Å². The van der Waals surface area contributed by atoms with Crippen molar-refractivity contribution in [3.8, 4) is 0 Å². The van der Waals surface area contributed by atoms with Gasteiger partial charge in [0.25, 0.3) is 0 Å². The first-order valence-corrected chi connectivity index (χ1v) is 8.83. The predicted molar refractivity (Wildman–Crippen MR) is 89.4 cm³/mol. The Hall–Kier alpha value is -1.41. The molecule has 0 saturated carbocycles. The Morgan fingerprint density at radius 2 is 1.86 bits per heavy atom. The lowest BCUT2D eigenvalue weighted by molar-refractivity contribution is -0.115. The first-order chi connectivity index (χ1) is 10.4. The third-order valence-corrected chi connectivity index (χ3v) is 5.31. The fourth-order valence-corrected chi connectivity index (χ4v) is 3.85. The summed E-state index contributed by atoms with van der Waals surface area (Å²) in [6, 6.07) is 13.0. The topological polar surface area (TPSA) is 75.3 Å². The Balaban J connectivity index is 2.00. The van der Waals surface area contributed by atoms with Crippen LogP contribution in [0.3, 0.4) is 0 Å². The van der Waals surface area contributed by atoms with Crippen molar-refractivity contribution in [1.29, 1.82) is 0 Å². The number of nitrogens with one attached hydrogen (secondary N) is 2. The summed E-state index contributed by atoms with van der Waals surface area (Å²) in [6.07, 6.45) is 0. The molecule has 0 aromatic heterocycles. The van der Waals surface area contributed by atoms with E-state index in [1.807, 2.05) is 0 Å². The summed E-state index contributed by atoms with van der Waals surface area (Å²) in [6.45, 7) is -0.379. The molecule has 0 aliphatic heterocycles. The van der Waals surface area contributed by atoms with Gasteiger partial charge < -0.3 is 5.32 Å². The molecule has 2 aromatic rings. The van der Waals surface area contributed by atoms with Crippen LogP contribution in [0.15, 0.2) is 57.9 Å². The van der Waals surface area contributed by atoms with Gasteiger partial charge in [0.1, 0.15) is 0 Å². The second kappa shape index (κ2) is 7.23. The zero-order chi connectivity index (χ0) is 16.2. The molecule has 0 spiro atoms. The number of amides is 1. The summed E-state index contributed by atoms with van der Waals surface area (Å²) in [7, 11) is -3.77. The second-order valence-electron chi connectivity index (χ2n) is 4.31. The minimum absolute atomic E-state index is 0.0746. The third-order valence-electron chi connectivity index (χ3n) is 2.66. The molecular weight excluding hydrogens is 392 g/mol. The van der Waals surface area contributed by atoms with Gasteiger partial charge in [0.15, 0.2) is 0 Å². The molecule has 0 unspecified atom stereocenters. The fraction of sp³-hybridized carbons (Fsp3) is 0.0714. The minimum Gasteiger partial charge on any atom is -0.325 e.